The number of benzene rings is 1. The molecule has 0 amide bonds. The molecule has 0 N–H and O–H groups in total. The van der Waals surface area contributed by atoms with Gasteiger partial charge >= 0.3 is 0 Å². The second-order valence-electron chi connectivity index (χ2n) is 2.87. The summed E-state index contributed by atoms with van der Waals surface area (Å²) >= 11 is 3.37. The van der Waals surface area contributed by atoms with E-state index in [1.54, 1.807) is 6.20 Å². The van der Waals surface area contributed by atoms with E-state index in [1.165, 1.54) is 5.56 Å². The highest BCUT2D eigenvalue weighted by Gasteiger charge is 2.06. The first-order chi connectivity index (χ1) is 6.27. The van der Waals surface area contributed by atoms with Gasteiger partial charge < -0.3 is 4.52 Å². The maximum absolute atomic E-state index is 5.09. The minimum Gasteiger partial charge on any atom is -0.355 e. The molecule has 0 fully saturated rings. The van der Waals surface area contributed by atoms with E-state index in [9.17, 15) is 0 Å². The molecule has 0 atom stereocenters. The molecule has 0 aliphatic carbocycles. The largest absolute Gasteiger partial charge is 0.355 e. The summed E-state index contributed by atoms with van der Waals surface area (Å²) in [6.07, 6.45) is 1.65. The fourth-order valence-corrected chi connectivity index (χ4v) is 1.51. The molecule has 0 bridgehead atoms. The van der Waals surface area contributed by atoms with E-state index in [0.29, 0.717) is 0 Å². The Kier molecular flexibility index (Phi) is 2.19. The van der Waals surface area contributed by atoms with Gasteiger partial charge in [-0.2, -0.15) is 0 Å². The van der Waals surface area contributed by atoms with Crippen LogP contribution in [0.2, 0.25) is 0 Å². The van der Waals surface area contributed by atoms with Crippen molar-refractivity contribution in [2.24, 2.45) is 0 Å². The van der Waals surface area contributed by atoms with Gasteiger partial charge in [0.15, 0.2) is 5.76 Å². The van der Waals surface area contributed by atoms with Crippen molar-refractivity contribution < 1.29 is 4.52 Å². The number of halogens is 1. The standard InChI is InChI=1S/C10H8BrNO/c1-7-2-4-8(5-3-7)10-9(11)6-12-13-10/h2-6H,1H3. The quantitative estimate of drug-likeness (QED) is 0.760. The zero-order chi connectivity index (χ0) is 9.26. The van der Waals surface area contributed by atoms with Crippen molar-refractivity contribution in [1.82, 2.24) is 5.16 Å². The predicted octanol–water partition coefficient (Wildman–Crippen LogP) is 3.41. The van der Waals surface area contributed by atoms with Gasteiger partial charge in [-0.05, 0) is 22.9 Å². The van der Waals surface area contributed by atoms with E-state index in [-0.39, 0.29) is 0 Å². The third-order valence-corrected chi connectivity index (χ3v) is 2.41. The summed E-state index contributed by atoms with van der Waals surface area (Å²) in [4.78, 5) is 0. The molecular formula is C10H8BrNO. The molecule has 1 aromatic carbocycles. The minimum atomic E-state index is 0.778. The van der Waals surface area contributed by atoms with Crippen molar-refractivity contribution in [3.63, 3.8) is 0 Å². The summed E-state index contributed by atoms with van der Waals surface area (Å²) < 4.78 is 5.98. The van der Waals surface area contributed by atoms with E-state index in [0.717, 1.165) is 15.8 Å². The first-order valence-electron chi connectivity index (χ1n) is 3.94. The molecule has 1 heterocycles. The Morgan fingerprint density at radius 2 is 1.92 bits per heavy atom. The summed E-state index contributed by atoms with van der Waals surface area (Å²) in [6.45, 7) is 2.05. The minimum absolute atomic E-state index is 0.778. The SMILES string of the molecule is Cc1ccc(-c2oncc2Br)cc1. The lowest BCUT2D eigenvalue weighted by Gasteiger charge is -1.96. The molecule has 0 spiro atoms. The van der Waals surface area contributed by atoms with Crippen LogP contribution in [0.5, 0.6) is 0 Å². The van der Waals surface area contributed by atoms with Crippen LogP contribution in [0.15, 0.2) is 39.5 Å². The van der Waals surface area contributed by atoms with E-state index < -0.39 is 0 Å². The highest BCUT2D eigenvalue weighted by molar-refractivity contribution is 9.10. The van der Waals surface area contributed by atoms with Crippen molar-refractivity contribution in [2.75, 3.05) is 0 Å². The summed E-state index contributed by atoms with van der Waals surface area (Å²) in [7, 11) is 0. The number of nitrogens with zero attached hydrogens (tertiary/aromatic N) is 1. The van der Waals surface area contributed by atoms with Gasteiger partial charge in [0.2, 0.25) is 0 Å². The van der Waals surface area contributed by atoms with Gasteiger partial charge in [0.25, 0.3) is 0 Å². The second-order valence-corrected chi connectivity index (χ2v) is 3.72. The van der Waals surface area contributed by atoms with Crippen LogP contribution < -0.4 is 0 Å². The van der Waals surface area contributed by atoms with Crippen LogP contribution in [0.4, 0.5) is 0 Å². The summed E-state index contributed by atoms with van der Waals surface area (Å²) in [6, 6.07) is 8.12. The van der Waals surface area contributed by atoms with Gasteiger partial charge in [-0.25, -0.2) is 0 Å². The first-order valence-corrected chi connectivity index (χ1v) is 4.74. The Bertz CT molecular complexity index is 405. The Morgan fingerprint density at radius 3 is 2.46 bits per heavy atom. The molecular weight excluding hydrogens is 230 g/mol. The van der Waals surface area contributed by atoms with E-state index in [1.807, 2.05) is 24.3 Å². The molecule has 2 nitrogen and oxygen atoms in total. The maximum Gasteiger partial charge on any atom is 0.180 e. The highest BCUT2D eigenvalue weighted by Crippen LogP contribution is 2.27. The summed E-state index contributed by atoms with van der Waals surface area (Å²) in [5, 5.41) is 3.70. The Hall–Kier alpha value is -1.09. The van der Waals surface area contributed by atoms with Gasteiger partial charge in [0, 0.05) is 5.56 Å². The number of aryl methyl sites for hydroxylation is 1. The molecule has 0 saturated heterocycles. The summed E-state index contributed by atoms with van der Waals surface area (Å²) in [5.41, 5.74) is 2.27. The van der Waals surface area contributed by atoms with Crippen LogP contribution >= 0.6 is 15.9 Å². The fourth-order valence-electron chi connectivity index (χ4n) is 1.12. The van der Waals surface area contributed by atoms with Gasteiger partial charge in [0.1, 0.15) is 0 Å². The number of rotatable bonds is 1. The average molecular weight is 238 g/mol. The van der Waals surface area contributed by atoms with Crippen molar-refractivity contribution >= 4 is 15.9 Å². The summed E-state index contributed by atoms with van der Waals surface area (Å²) in [5.74, 6) is 0.778. The van der Waals surface area contributed by atoms with Crippen molar-refractivity contribution in [3.8, 4) is 11.3 Å². The van der Waals surface area contributed by atoms with Crippen LogP contribution in [0.3, 0.4) is 0 Å². The van der Waals surface area contributed by atoms with Crippen LogP contribution in [0, 0.1) is 6.92 Å². The predicted molar refractivity (Wildman–Crippen MR) is 54.4 cm³/mol. The lowest BCUT2D eigenvalue weighted by molar-refractivity contribution is 0.432. The van der Waals surface area contributed by atoms with Gasteiger partial charge in [0.05, 0.1) is 10.7 Å². The van der Waals surface area contributed by atoms with Crippen molar-refractivity contribution in [2.45, 2.75) is 6.92 Å². The molecule has 0 aliphatic heterocycles. The fraction of sp³-hybridized carbons (Fsp3) is 0.100. The van der Waals surface area contributed by atoms with Gasteiger partial charge in [-0.15, -0.1) is 0 Å². The topological polar surface area (TPSA) is 26.0 Å². The van der Waals surface area contributed by atoms with Crippen LogP contribution in [-0.4, -0.2) is 5.16 Å². The van der Waals surface area contributed by atoms with E-state index in [4.69, 9.17) is 4.52 Å². The monoisotopic (exact) mass is 237 g/mol. The lowest BCUT2D eigenvalue weighted by Crippen LogP contribution is -1.75. The van der Waals surface area contributed by atoms with E-state index in [2.05, 4.69) is 28.0 Å². The lowest BCUT2D eigenvalue weighted by atomic mass is 10.1. The Morgan fingerprint density at radius 1 is 1.23 bits per heavy atom. The molecule has 0 radical (unpaired) electrons. The normalized spacial score (nSPS) is 10.3. The average Bonchev–Trinajstić information content (AvgIpc) is 2.53. The molecule has 2 aromatic rings. The van der Waals surface area contributed by atoms with Gasteiger partial charge in [-0.1, -0.05) is 35.0 Å². The molecule has 0 aliphatic rings. The molecule has 0 saturated carbocycles. The Balaban J connectivity index is 2.47. The van der Waals surface area contributed by atoms with Crippen molar-refractivity contribution in [1.29, 1.82) is 0 Å². The smallest absolute Gasteiger partial charge is 0.180 e. The first kappa shape index (κ1) is 8.51. The molecule has 13 heavy (non-hydrogen) atoms. The third kappa shape index (κ3) is 1.65. The third-order valence-electron chi connectivity index (χ3n) is 1.84. The van der Waals surface area contributed by atoms with Gasteiger partial charge in [-0.3, -0.25) is 0 Å². The molecule has 1 aromatic heterocycles. The Labute approximate surface area is 84.7 Å². The van der Waals surface area contributed by atoms with Crippen LogP contribution in [-0.2, 0) is 0 Å². The van der Waals surface area contributed by atoms with Crippen molar-refractivity contribution in [3.05, 3.63) is 40.5 Å². The molecule has 3 heteroatoms. The zero-order valence-electron chi connectivity index (χ0n) is 7.12. The highest BCUT2D eigenvalue weighted by atomic mass is 79.9. The van der Waals surface area contributed by atoms with Crippen LogP contribution in [0.25, 0.3) is 11.3 Å². The number of aromatic nitrogens is 1. The van der Waals surface area contributed by atoms with E-state index >= 15 is 0 Å². The maximum atomic E-state index is 5.09. The number of hydrogen-bond donors (Lipinski definition) is 0. The molecule has 2 rings (SSSR count). The van der Waals surface area contributed by atoms with Crippen LogP contribution in [0.1, 0.15) is 5.56 Å². The molecule has 66 valence electrons. The number of hydrogen-bond acceptors (Lipinski definition) is 2. The zero-order valence-corrected chi connectivity index (χ0v) is 8.71. The second kappa shape index (κ2) is 3.34. The molecule has 0 unspecified atom stereocenters.